The topological polar surface area (TPSA) is 75.5 Å². The Hall–Kier alpha value is -1.47. The molecule has 0 spiro atoms. The average molecular weight is 340 g/mol. The number of nitrogens with one attached hydrogen (secondary N) is 1. The number of carbonyl (C=O) groups excluding carboxylic acids is 1. The van der Waals surface area contributed by atoms with Crippen LogP contribution in [0.3, 0.4) is 0 Å². The van der Waals surface area contributed by atoms with Gasteiger partial charge in [0.25, 0.3) is 11.6 Å². The van der Waals surface area contributed by atoms with Gasteiger partial charge in [0, 0.05) is 42.3 Å². The van der Waals surface area contributed by atoms with Gasteiger partial charge < -0.3 is 10.2 Å². The van der Waals surface area contributed by atoms with Crippen molar-refractivity contribution >= 4 is 27.5 Å². The quantitative estimate of drug-likeness (QED) is 0.658. The number of amides is 1. The molecule has 0 aromatic heterocycles. The lowest BCUT2D eigenvalue weighted by molar-refractivity contribution is -0.384. The van der Waals surface area contributed by atoms with E-state index in [-0.39, 0.29) is 17.6 Å². The summed E-state index contributed by atoms with van der Waals surface area (Å²) in [5.41, 5.74) is 0.309. The number of non-ortho nitro benzene ring substituents is 1. The summed E-state index contributed by atoms with van der Waals surface area (Å²) < 4.78 is 0.600. The van der Waals surface area contributed by atoms with E-state index in [1.54, 1.807) is 6.07 Å². The maximum absolute atomic E-state index is 12.6. The largest absolute Gasteiger partial charge is 0.334 e. The number of nitro benzene ring substituents is 1. The Morgan fingerprint density at radius 2 is 2.25 bits per heavy atom. The zero-order valence-corrected chi connectivity index (χ0v) is 12.3. The molecule has 0 unspecified atom stereocenters. The zero-order valence-electron chi connectivity index (χ0n) is 10.7. The number of benzene rings is 1. The van der Waals surface area contributed by atoms with Gasteiger partial charge >= 0.3 is 0 Å². The van der Waals surface area contributed by atoms with Crippen molar-refractivity contribution in [1.82, 2.24) is 10.2 Å². The summed E-state index contributed by atoms with van der Waals surface area (Å²) in [6.07, 6.45) is 0.996. The molecule has 3 rings (SSSR count). The molecule has 1 aromatic carbocycles. The third kappa shape index (κ3) is 2.20. The van der Waals surface area contributed by atoms with Crippen LogP contribution < -0.4 is 5.32 Å². The Kier molecular flexibility index (Phi) is 3.47. The SMILES string of the molecule is O=C(c1cc([N+](=O)[O-])ccc1Br)N1CC[C@H]2CNC[C@H]21. The molecule has 2 fully saturated rings. The summed E-state index contributed by atoms with van der Waals surface area (Å²) in [4.78, 5) is 24.8. The van der Waals surface area contributed by atoms with Gasteiger partial charge in [-0.2, -0.15) is 0 Å². The molecule has 106 valence electrons. The highest BCUT2D eigenvalue weighted by Gasteiger charge is 2.40. The number of fused-ring (bicyclic) bond motifs is 1. The van der Waals surface area contributed by atoms with Crippen molar-refractivity contribution in [3.05, 3.63) is 38.3 Å². The van der Waals surface area contributed by atoms with Crippen molar-refractivity contribution in [2.45, 2.75) is 12.5 Å². The van der Waals surface area contributed by atoms with Gasteiger partial charge in [-0.25, -0.2) is 0 Å². The van der Waals surface area contributed by atoms with Gasteiger partial charge in [0.1, 0.15) is 0 Å². The zero-order chi connectivity index (χ0) is 14.3. The van der Waals surface area contributed by atoms with Crippen molar-refractivity contribution in [2.24, 2.45) is 5.92 Å². The van der Waals surface area contributed by atoms with Crippen LogP contribution in [-0.4, -0.2) is 41.4 Å². The lowest BCUT2D eigenvalue weighted by Gasteiger charge is -2.23. The second kappa shape index (κ2) is 5.14. The maximum Gasteiger partial charge on any atom is 0.270 e. The number of carbonyl (C=O) groups is 1. The van der Waals surface area contributed by atoms with Crippen molar-refractivity contribution in [3.63, 3.8) is 0 Å². The van der Waals surface area contributed by atoms with Crippen LogP contribution in [0.2, 0.25) is 0 Å². The monoisotopic (exact) mass is 339 g/mol. The van der Waals surface area contributed by atoms with E-state index in [4.69, 9.17) is 0 Å². The molecule has 20 heavy (non-hydrogen) atoms. The highest BCUT2D eigenvalue weighted by Crippen LogP contribution is 2.31. The molecular formula is C13H14BrN3O3. The highest BCUT2D eigenvalue weighted by molar-refractivity contribution is 9.10. The number of nitro groups is 1. The minimum absolute atomic E-state index is 0.0585. The molecule has 6 nitrogen and oxygen atoms in total. The van der Waals surface area contributed by atoms with E-state index >= 15 is 0 Å². The van der Waals surface area contributed by atoms with Crippen molar-refractivity contribution in [3.8, 4) is 0 Å². The lowest BCUT2D eigenvalue weighted by Crippen LogP contribution is -2.39. The van der Waals surface area contributed by atoms with E-state index in [9.17, 15) is 14.9 Å². The van der Waals surface area contributed by atoms with Crippen LogP contribution in [0.1, 0.15) is 16.8 Å². The molecule has 0 radical (unpaired) electrons. The third-order valence-corrected chi connectivity index (χ3v) is 4.79. The van der Waals surface area contributed by atoms with Crippen molar-refractivity contribution < 1.29 is 9.72 Å². The Morgan fingerprint density at radius 3 is 3.00 bits per heavy atom. The van der Waals surface area contributed by atoms with Crippen LogP contribution in [-0.2, 0) is 0 Å². The van der Waals surface area contributed by atoms with Crippen LogP contribution in [0.15, 0.2) is 22.7 Å². The molecule has 1 N–H and O–H groups in total. The van der Waals surface area contributed by atoms with Gasteiger partial charge in [-0.1, -0.05) is 0 Å². The van der Waals surface area contributed by atoms with Crippen molar-refractivity contribution in [1.29, 1.82) is 0 Å². The molecule has 7 heteroatoms. The molecular weight excluding hydrogens is 326 g/mol. The molecule has 0 bridgehead atoms. The smallest absolute Gasteiger partial charge is 0.270 e. The number of likely N-dealkylation sites (tertiary alicyclic amines) is 1. The van der Waals surface area contributed by atoms with Crippen LogP contribution >= 0.6 is 15.9 Å². The first kappa shape index (κ1) is 13.5. The predicted octanol–water partition coefficient (Wildman–Crippen LogP) is 1.79. The summed E-state index contributed by atoms with van der Waals surface area (Å²) in [6, 6.07) is 4.52. The van der Waals surface area contributed by atoms with Gasteiger partial charge in [-0.15, -0.1) is 0 Å². The van der Waals surface area contributed by atoms with E-state index in [1.807, 2.05) is 4.90 Å². The van der Waals surface area contributed by atoms with Crippen LogP contribution in [0.4, 0.5) is 5.69 Å². The number of nitrogens with zero attached hydrogens (tertiary/aromatic N) is 2. The molecule has 2 aliphatic rings. The van der Waals surface area contributed by atoms with Crippen molar-refractivity contribution in [2.75, 3.05) is 19.6 Å². The van der Waals surface area contributed by atoms with Crippen LogP contribution in [0, 0.1) is 16.0 Å². The minimum Gasteiger partial charge on any atom is -0.334 e. The molecule has 0 aliphatic carbocycles. The first-order valence-corrected chi connectivity index (χ1v) is 7.33. The average Bonchev–Trinajstić information content (AvgIpc) is 3.00. The number of rotatable bonds is 2. The first-order valence-electron chi connectivity index (χ1n) is 6.53. The first-order chi connectivity index (χ1) is 9.58. The Bertz CT molecular complexity index is 578. The fourth-order valence-electron chi connectivity index (χ4n) is 3.05. The summed E-state index contributed by atoms with van der Waals surface area (Å²) in [5.74, 6) is 0.383. The standard InChI is InChI=1S/C13H14BrN3O3/c14-11-2-1-9(17(19)20)5-10(11)13(18)16-4-3-8-6-15-7-12(8)16/h1-2,5,8,12,15H,3-4,6-7H2/t8-,12+/m0/s1. The van der Waals surface area contributed by atoms with Crippen LogP contribution in [0.5, 0.6) is 0 Å². The highest BCUT2D eigenvalue weighted by atomic mass is 79.9. The van der Waals surface area contributed by atoms with E-state index in [0.29, 0.717) is 16.0 Å². The lowest BCUT2D eigenvalue weighted by atomic mass is 10.0. The summed E-state index contributed by atoms with van der Waals surface area (Å²) in [6.45, 7) is 2.48. The Balaban J connectivity index is 1.90. The van der Waals surface area contributed by atoms with Crippen LogP contribution in [0.25, 0.3) is 0 Å². The van der Waals surface area contributed by atoms with E-state index in [1.165, 1.54) is 12.1 Å². The Morgan fingerprint density at radius 1 is 1.45 bits per heavy atom. The fraction of sp³-hybridized carbons (Fsp3) is 0.462. The number of hydrogen-bond donors (Lipinski definition) is 1. The van der Waals surface area contributed by atoms with Gasteiger partial charge in [0.15, 0.2) is 0 Å². The number of halogens is 1. The second-order valence-electron chi connectivity index (χ2n) is 5.19. The molecule has 1 amide bonds. The minimum atomic E-state index is -0.479. The predicted molar refractivity (Wildman–Crippen MR) is 76.6 cm³/mol. The van der Waals surface area contributed by atoms with E-state index in [0.717, 1.165) is 26.1 Å². The molecule has 2 atom stereocenters. The van der Waals surface area contributed by atoms with Gasteiger partial charge in [0.2, 0.25) is 0 Å². The van der Waals surface area contributed by atoms with E-state index in [2.05, 4.69) is 21.2 Å². The molecule has 0 saturated carbocycles. The molecule has 1 aromatic rings. The second-order valence-corrected chi connectivity index (χ2v) is 6.05. The third-order valence-electron chi connectivity index (χ3n) is 4.10. The van der Waals surface area contributed by atoms with Gasteiger partial charge in [-0.3, -0.25) is 14.9 Å². The number of hydrogen-bond acceptors (Lipinski definition) is 4. The summed E-state index contributed by atoms with van der Waals surface area (Å²) >= 11 is 3.31. The maximum atomic E-state index is 12.6. The summed E-state index contributed by atoms with van der Waals surface area (Å²) in [7, 11) is 0. The summed E-state index contributed by atoms with van der Waals surface area (Å²) in [5, 5.41) is 14.1. The molecule has 2 heterocycles. The van der Waals surface area contributed by atoms with Gasteiger partial charge in [0.05, 0.1) is 10.5 Å². The Labute approximate surface area is 124 Å². The van der Waals surface area contributed by atoms with Gasteiger partial charge in [-0.05, 0) is 34.3 Å². The molecule has 2 aliphatic heterocycles. The molecule has 2 saturated heterocycles. The van der Waals surface area contributed by atoms with E-state index < -0.39 is 4.92 Å². The fourth-order valence-corrected chi connectivity index (χ4v) is 3.46. The normalized spacial score (nSPS) is 24.8.